The van der Waals surface area contributed by atoms with E-state index in [-0.39, 0.29) is 31.5 Å². The largest absolute Gasteiger partial charge is 0.486 e. The van der Waals surface area contributed by atoms with Crippen LogP contribution in [0.4, 0.5) is 0 Å². The molecule has 251 valence electrons. The van der Waals surface area contributed by atoms with Gasteiger partial charge in [0.15, 0.2) is 0 Å². The Hall–Kier alpha value is -4.44. The molecule has 49 heavy (non-hydrogen) atoms. The van der Waals surface area contributed by atoms with Crippen LogP contribution in [0.2, 0.25) is 0 Å². The summed E-state index contributed by atoms with van der Waals surface area (Å²) in [7, 11) is 0. The van der Waals surface area contributed by atoms with Gasteiger partial charge >= 0.3 is 0 Å². The number of aromatic nitrogens is 3. The molecule has 0 amide bonds. The molecule has 7 rings (SSSR count). The maximum atomic E-state index is 9.18. The minimum absolute atomic E-state index is 0. The molecule has 0 aliphatic rings. The van der Waals surface area contributed by atoms with Crippen LogP contribution in [0, 0.1) is 31.3 Å². The Morgan fingerprint density at radius 3 is 2.22 bits per heavy atom. The van der Waals surface area contributed by atoms with Gasteiger partial charge in [0.05, 0.1) is 5.58 Å². The van der Waals surface area contributed by atoms with Crippen molar-refractivity contribution in [3.05, 3.63) is 150 Å². The third kappa shape index (κ3) is 8.78. The number of hydrogen-bond acceptors (Lipinski definition) is 4. The number of hydrogen-bond donors (Lipinski definition) is 0. The van der Waals surface area contributed by atoms with E-state index in [1.165, 1.54) is 11.6 Å². The monoisotopic (exact) mass is 829 g/mol. The van der Waals surface area contributed by atoms with E-state index in [1.54, 1.807) is 48.7 Å². The first-order chi connectivity index (χ1) is 25.7. The zero-order valence-electron chi connectivity index (χ0n) is 35.5. The molecule has 0 unspecified atom stereocenters. The molecule has 1 radical (unpaired) electrons. The van der Waals surface area contributed by atoms with Gasteiger partial charge in [-0.25, -0.2) is 4.98 Å². The minimum Gasteiger partial charge on any atom is -0.486 e. The van der Waals surface area contributed by atoms with E-state index in [9.17, 15) is 2.74 Å². The number of nitrogens with zero attached hydrogens (tertiary/aromatic N) is 3. The average Bonchev–Trinajstić information content (AvgIpc) is 3.53. The Labute approximate surface area is 314 Å². The van der Waals surface area contributed by atoms with Crippen molar-refractivity contribution in [1.29, 1.82) is 0 Å². The van der Waals surface area contributed by atoms with Crippen molar-refractivity contribution in [2.24, 2.45) is 5.41 Å². The Kier molecular flexibility index (Phi) is 8.38. The van der Waals surface area contributed by atoms with Gasteiger partial charge in [0, 0.05) is 53.2 Å². The summed E-state index contributed by atoms with van der Waals surface area (Å²) in [6.45, 7) is 8.88. The summed E-state index contributed by atoms with van der Waals surface area (Å²) in [5.74, 6) is 0. The number of pyridine rings is 3. The van der Waals surface area contributed by atoms with E-state index in [2.05, 4.69) is 33.2 Å². The number of rotatable bonds is 6. The van der Waals surface area contributed by atoms with Gasteiger partial charge in [-0.2, -0.15) is 0 Å². The Balaban J connectivity index is 0.000000361. The maximum Gasteiger partial charge on any atom is 0.216 e. The fraction of sp³-hybridized carbons (Fsp3) is 0.250. The average molecular weight is 829 g/mol. The summed E-state index contributed by atoms with van der Waals surface area (Å²) in [5.41, 5.74) is 4.97. The van der Waals surface area contributed by atoms with Crippen molar-refractivity contribution in [1.82, 2.24) is 15.0 Å². The first kappa shape index (κ1) is 27.4. The van der Waals surface area contributed by atoms with E-state index < -0.39 is 30.4 Å². The third-order valence-corrected chi connectivity index (χ3v) is 7.79. The zero-order valence-corrected chi connectivity index (χ0v) is 30.9. The quantitative estimate of drug-likeness (QED) is 0.157. The Morgan fingerprint density at radius 2 is 1.55 bits per heavy atom. The zero-order chi connectivity index (χ0) is 40.0. The molecular weight excluding hydrogens is 779 g/mol. The molecule has 0 saturated heterocycles. The molecule has 4 heterocycles. The smallest absolute Gasteiger partial charge is 0.216 e. The molecule has 0 aliphatic heterocycles. The van der Waals surface area contributed by atoms with Crippen LogP contribution >= 0.6 is 0 Å². The molecule has 7 aromatic rings. The molecule has 0 atom stereocenters. The molecule has 0 bridgehead atoms. The Morgan fingerprint density at radius 1 is 0.776 bits per heavy atom. The second-order valence-electron chi connectivity index (χ2n) is 13.4. The second-order valence-corrected chi connectivity index (χ2v) is 13.4. The van der Waals surface area contributed by atoms with Crippen LogP contribution < -0.4 is 0 Å². The van der Waals surface area contributed by atoms with Crippen LogP contribution in [0.5, 0.6) is 0 Å². The van der Waals surface area contributed by atoms with Gasteiger partial charge in [-0.1, -0.05) is 88.0 Å². The van der Waals surface area contributed by atoms with Gasteiger partial charge < -0.3 is 14.4 Å². The van der Waals surface area contributed by atoms with Gasteiger partial charge in [0.1, 0.15) is 0 Å². The summed E-state index contributed by atoms with van der Waals surface area (Å²) >= 11 is 0. The molecule has 0 N–H and O–H groups in total. The van der Waals surface area contributed by atoms with Crippen molar-refractivity contribution in [3.8, 4) is 22.5 Å². The standard InChI is InChI=1S/C32H33N2O.C12H10N.Ir/c1-21-10-15-26-25-8-7-9-27(29(25)35-30(26)34-21)28-18-24(16-17-33-28)32(5,6)20-23-13-11-22(12-14-23)19-31(2,3)4;1-10-7-8-12(13-9-10)11-5-3-2-4-6-11;/h7-8,10-18H,19-20H2,1-6H3;2-5,7-9H,1H3;/q2*-1;/i1D3,19D2,20D2;;. The van der Waals surface area contributed by atoms with Crippen LogP contribution in [0.1, 0.15) is 72.2 Å². The van der Waals surface area contributed by atoms with Crippen LogP contribution in [-0.4, -0.2) is 15.0 Å². The predicted molar refractivity (Wildman–Crippen MR) is 198 cm³/mol. The van der Waals surface area contributed by atoms with Crippen LogP contribution in [0.15, 0.2) is 114 Å². The van der Waals surface area contributed by atoms with Crippen LogP contribution in [0.25, 0.3) is 44.6 Å². The molecule has 0 fully saturated rings. The van der Waals surface area contributed by atoms with Gasteiger partial charge in [0.25, 0.3) is 0 Å². The Bertz CT molecular complexity index is 2440. The fourth-order valence-electron chi connectivity index (χ4n) is 5.45. The summed E-state index contributed by atoms with van der Waals surface area (Å²) in [6, 6.07) is 35.3. The molecular formula is C44H43IrN3O-2. The molecule has 0 spiro atoms. The third-order valence-electron chi connectivity index (χ3n) is 7.79. The molecule has 0 aliphatic carbocycles. The minimum atomic E-state index is -2.36. The summed E-state index contributed by atoms with van der Waals surface area (Å²) in [6.07, 6.45) is 0.106. The summed E-state index contributed by atoms with van der Waals surface area (Å²) in [4.78, 5) is 13.1. The first-order valence-electron chi connectivity index (χ1n) is 19.4. The van der Waals surface area contributed by atoms with Crippen molar-refractivity contribution >= 4 is 22.1 Å². The van der Waals surface area contributed by atoms with Crippen molar-refractivity contribution in [2.75, 3.05) is 0 Å². The van der Waals surface area contributed by atoms with Crippen molar-refractivity contribution in [2.45, 2.75) is 66.6 Å². The second kappa shape index (κ2) is 15.0. The summed E-state index contributed by atoms with van der Waals surface area (Å²) < 4.78 is 64.6. The van der Waals surface area contributed by atoms with E-state index in [0.29, 0.717) is 38.9 Å². The number of fused-ring (bicyclic) bond motifs is 3. The molecule has 3 aromatic carbocycles. The summed E-state index contributed by atoms with van der Waals surface area (Å²) in [5, 5.41) is 1.43. The van der Waals surface area contributed by atoms with Gasteiger partial charge in [-0.3, -0.25) is 0 Å². The SMILES string of the molecule is Cc1ccc(-c2[c-]cccc2)nc1.[2H]C([2H])([2H])c1ccc2c(n1)oc1c(-c3cc(C(C)(C)C([2H])([2H])c4ccc(C([2H])([2H])C(C)(C)C)cc4)ccn3)[c-]ccc12.[Ir]. The van der Waals surface area contributed by atoms with Gasteiger partial charge in [-0.05, 0) is 89.2 Å². The van der Waals surface area contributed by atoms with E-state index in [1.807, 2.05) is 90.2 Å². The van der Waals surface area contributed by atoms with E-state index in [4.69, 9.17) is 11.3 Å². The van der Waals surface area contributed by atoms with Crippen LogP contribution in [0.3, 0.4) is 0 Å². The van der Waals surface area contributed by atoms with Crippen molar-refractivity contribution < 1.29 is 34.1 Å². The van der Waals surface area contributed by atoms with E-state index in [0.717, 1.165) is 16.6 Å². The van der Waals surface area contributed by atoms with Gasteiger partial charge in [0.2, 0.25) is 5.71 Å². The topological polar surface area (TPSA) is 51.8 Å². The first-order valence-corrected chi connectivity index (χ1v) is 15.9. The molecule has 4 nitrogen and oxygen atoms in total. The maximum absolute atomic E-state index is 9.18. The van der Waals surface area contributed by atoms with Gasteiger partial charge in [-0.15, -0.1) is 54.1 Å². The number of benzene rings is 3. The van der Waals surface area contributed by atoms with E-state index >= 15 is 0 Å². The molecule has 0 saturated carbocycles. The predicted octanol–water partition coefficient (Wildman–Crippen LogP) is 11.1. The normalized spacial score (nSPS) is 14.5. The molecule has 4 aromatic heterocycles. The number of furan rings is 1. The van der Waals surface area contributed by atoms with Crippen molar-refractivity contribution in [3.63, 3.8) is 0 Å². The van der Waals surface area contributed by atoms with Crippen LogP contribution in [-0.2, 0) is 38.3 Å². The fourth-order valence-corrected chi connectivity index (χ4v) is 5.45. The number of aryl methyl sites for hydroxylation is 2. The molecule has 5 heteroatoms.